The molecule has 2 aromatic rings. The molecule has 0 saturated carbocycles. The van der Waals surface area contributed by atoms with Crippen LogP contribution in [0.4, 0.5) is 10.1 Å². The average Bonchev–Trinajstić information content (AvgIpc) is 2.53. The SMILES string of the molecule is CC(C)(O)CCONC(=O)c1cccc(F)c1N.Cc1cccc(I)c1. The van der Waals surface area contributed by atoms with Crippen LogP contribution in [0.25, 0.3) is 0 Å². The zero-order chi connectivity index (χ0) is 19.7. The maximum atomic E-state index is 13.1. The van der Waals surface area contributed by atoms with Crippen LogP contribution in [0.1, 0.15) is 36.2 Å². The van der Waals surface area contributed by atoms with Gasteiger partial charge in [-0.15, -0.1) is 0 Å². The summed E-state index contributed by atoms with van der Waals surface area (Å²) in [6.45, 7) is 5.50. The van der Waals surface area contributed by atoms with Crippen molar-refractivity contribution >= 4 is 34.2 Å². The number of aryl methyl sites for hydroxylation is 1. The van der Waals surface area contributed by atoms with Crippen molar-refractivity contribution in [2.75, 3.05) is 12.3 Å². The third kappa shape index (κ3) is 8.59. The Kier molecular flexibility index (Phi) is 8.97. The molecule has 2 rings (SSSR count). The normalized spacial score (nSPS) is 10.7. The summed E-state index contributed by atoms with van der Waals surface area (Å²) in [4.78, 5) is 16.5. The van der Waals surface area contributed by atoms with E-state index in [4.69, 9.17) is 10.6 Å². The first kappa shape index (κ1) is 22.3. The Labute approximate surface area is 166 Å². The number of rotatable bonds is 5. The van der Waals surface area contributed by atoms with Gasteiger partial charge in [0.15, 0.2) is 0 Å². The number of hydrogen-bond donors (Lipinski definition) is 3. The average molecular weight is 474 g/mol. The number of aliphatic hydroxyl groups is 1. The van der Waals surface area contributed by atoms with E-state index in [9.17, 15) is 14.3 Å². The lowest BCUT2D eigenvalue weighted by atomic mass is 10.1. The molecule has 0 heterocycles. The third-order valence-corrected chi connectivity index (χ3v) is 3.93. The standard InChI is InChI=1S/C12H17FN2O3.C7H7I/c1-12(2,17)6-7-18-15-11(16)8-4-3-5-9(13)10(8)14;1-6-3-2-4-7(8)5-6/h3-5,17H,6-7,14H2,1-2H3,(H,15,16);2-5H,1H3. The second-order valence-electron chi connectivity index (χ2n) is 6.34. The summed E-state index contributed by atoms with van der Waals surface area (Å²) in [5, 5.41) is 9.42. The minimum Gasteiger partial charge on any atom is -0.396 e. The third-order valence-electron chi connectivity index (χ3n) is 3.26. The van der Waals surface area contributed by atoms with E-state index in [0.29, 0.717) is 6.42 Å². The number of nitrogens with one attached hydrogen (secondary N) is 1. The molecule has 142 valence electrons. The molecule has 0 radical (unpaired) electrons. The van der Waals surface area contributed by atoms with Gasteiger partial charge in [0.25, 0.3) is 5.91 Å². The van der Waals surface area contributed by atoms with Gasteiger partial charge in [0.05, 0.1) is 23.5 Å². The minimum atomic E-state index is -0.872. The second kappa shape index (κ2) is 10.4. The van der Waals surface area contributed by atoms with E-state index in [1.54, 1.807) is 13.8 Å². The topological polar surface area (TPSA) is 84.6 Å². The number of nitrogen functional groups attached to an aromatic ring is 1. The molecule has 0 atom stereocenters. The largest absolute Gasteiger partial charge is 0.396 e. The summed E-state index contributed by atoms with van der Waals surface area (Å²) >= 11 is 2.31. The van der Waals surface area contributed by atoms with Crippen LogP contribution in [0, 0.1) is 16.3 Å². The van der Waals surface area contributed by atoms with Crippen molar-refractivity contribution in [3.05, 3.63) is 63.0 Å². The summed E-state index contributed by atoms with van der Waals surface area (Å²) in [6, 6.07) is 12.4. The Balaban J connectivity index is 0.000000350. The maximum absolute atomic E-state index is 13.1. The summed E-state index contributed by atoms with van der Waals surface area (Å²) in [5.41, 5.74) is 7.82. The summed E-state index contributed by atoms with van der Waals surface area (Å²) in [6.07, 6.45) is 0.353. The first-order valence-corrected chi connectivity index (χ1v) is 9.08. The van der Waals surface area contributed by atoms with E-state index >= 15 is 0 Å². The molecule has 0 aromatic heterocycles. The predicted octanol–water partition coefficient (Wildman–Crippen LogP) is 3.83. The number of carbonyl (C=O) groups excluding carboxylic acids is 1. The zero-order valence-electron chi connectivity index (χ0n) is 15.1. The predicted molar refractivity (Wildman–Crippen MR) is 109 cm³/mol. The molecule has 0 saturated heterocycles. The van der Waals surface area contributed by atoms with Crippen molar-refractivity contribution in [1.82, 2.24) is 5.48 Å². The fourth-order valence-corrected chi connectivity index (χ4v) is 2.51. The van der Waals surface area contributed by atoms with Gasteiger partial charge in [-0.1, -0.05) is 23.8 Å². The Hall–Kier alpha value is -1.71. The van der Waals surface area contributed by atoms with Gasteiger partial charge >= 0.3 is 0 Å². The molecule has 4 N–H and O–H groups in total. The molecule has 2 aromatic carbocycles. The van der Waals surface area contributed by atoms with Gasteiger partial charge in [-0.25, -0.2) is 9.87 Å². The molecule has 0 aliphatic heterocycles. The highest BCUT2D eigenvalue weighted by Gasteiger charge is 2.14. The van der Waals surface area contributed by atoms with Gasteiger partial charge in [-0.05, 0) is 67.6 Å². The number of para-hydroxylation sites is 1. The molecule has 1 amide bonds. The van der Waals surface area contributed by atoms with Gasteiger partial charge in [-0.3, -0.25) is 9.63 Å². The minimum absolute atomic E-state index is 0.0123. The molecular formula is C19H24FIN2O3. The summed E-state index contributed by atoms with van der Waals surface area (Å²) in [5.74, 6) is -1.28. The number of halogens is 2. The summed E-state index contributed by atoms with van der Waals surface area (Å²) < 4.78 is 14.4. The van der Waals surface area contributed by atoms with Crippen molar-refractivity contribution < 1.29 is 19.1 Å². The van der Waals surface area contributed by atoms with Gasteiger partial charge in [0.1, 0.15) is 5.82 Å². The quantitative estimate of drug-likeness (QED) is 0.266. The van der Waals surface area contributed by atoms with Crippen molar-refractivity contribution in [2.24, 2.45) is 0 Å². The molecule has 26 heavy (non-hydrogen) atoms. The second-order valence-corrected chi connectivity index (χ2v) is 7.59. The number of amides is 1. The molecule has 0 bridgehead atoms. The molecular weight excluding hydrogens is 450 g/mol. The lowest BCUT2D eigenvalue weighted by Gasteiger charge is -2.16. The molecule has 0 unspecified atom stereocenters. The Morgan fingerprint density at radius 3 is 2.50 bits per heavy atom. The number of nitrogens with two attached hydrogens (primary N) is 1. The number of hydroxylamine groups is 1. The van der Waals surface area contributed by atoms with Gasteiger partial charge in [-0.2, -0.15) is 0 Å². The number of hydrogen-bond acceptors (Lipinski definition) is 4. The molecule has 5 nitrogen and oxygen atoms in total. The molecule has 0 spiro atoms. The maximum Gasteiger partial charge on any atom is 0.277 e. The molecule has 0 fully saturated rings. The van der Waals surface area contributed by atoms with E-state index in [1.165, 1.54) is 27.3 Å². The van der Waals surface area contributed by atoms with Crippen LogP contribution in [0.15, 0.2) is 42.5 Å². The Morgan fingerprint density at radius 1 is 1.31 bits per heavy atom. The van der Waals surface area contributed by atoms with Crippen LogP contribution in [-0.2, 0) is 4.84 Å². The fraction of sp³-hybridized carbons (Fsp3) is 0.316. The lowest BCUT2D eigenvalue weighted by molar-refractivity contribution is -0.00569. The van der Waals surface area contributed by atoms with Crippen LogP contribution in [0.3, 0.4) is 0 Å². The van der Waals surface area contributed by atoms with E-state index in [0.717, 1.165) is 0 Å². The van der Waals surface area contributed by atoms with E-state index in [2.05, 4.69) is 59.3 Å². The van der Waals surface area contributed by atoms with Crippen LogP contribution >= 0.6 is 22.6 Å². The fourth-order valence-electron chi connectivity index (χ4n) is 1.81. The Morgan fingerprint density at radius 2 is 1.96 bits per heavy atom. The highest BCUT2D eigenvalue weighted by atomic mass is 127. The smallest absolute Gasteiger partial charge is 0.277 e. The van der Waals surface area contributed by atoms with Crippen molar-refractivity contribution in [3.8, 4) is 0 Å². The van der Waals surface area contributed by atoms with Gasteiger partial charge in [0, 0.05) is 9.99 Å². The van der Waals surface area contributed by atoms with Crippen LogP contribution in [0.5, 0.6) is 0 Å². The van der Waals surface area contributed by atoms with Crippen molar-refractivity contribution in [1.29, 1.82) is 0 Å². The van der Waals surface area contributed by atoms with Gasteiger partial charge < -0.3 is 10.8 Å². The van der Waals surface area contributed by atoms with E-state index in [1.807, 2.05) is 0 Å². The van der Waals surface area contributed by atoms with Crippen molar-refractivity contribution in [2.45, 2.75) is 32.8 Å². The van der Waals surface area contributed by atoms with Crippen LogP contribution in [0.2, 0.25) is 0 Å². The van der Waals surface area contributed by atoms with Crippen LogP contribution < -0.4 is 11.2 Å². The summed E-state index contributed by atoms with van der Waals surface area (Å²) in [7, 11) is 0. The lowest BCUT2D eigenvalue weighted by Crippen LogP contribution is -2.28. The number of benzene rings is 2. The monoisotopic (exact) mass is 474 g/mol. The first-order chi connectivity index (χ1) is 12.1. The van der Waals surface area contributed by atoms with Crippen LogP contribution in [-0.4, -0.2) is 23.2 Å². The van der Waals surface area contributed by atoms with Crippen molar-refractivity contribution in [3.63, 3.8) is 0 Å². The van der Waals surface area contributed by atoms with E-state index < -0.39 is 17.3 Å². The van der Waals surface area contributed by atoms with Gasteiger partial charge in [0.2, 0.25) is 0 Å². The molecule has 7 heteroatoms. The number of carbonyl (C=O) groups is 1. The highest BCUT2D eigenvalue weighted by Crippen LogP contribution is 2.15. The van der Waals surface area contributed by atoms with E-state index in [-0.39, 0.29) is 17.9 Å². The molecule has 0 aliphatic rings. The Bertz CT molecular complexity index is 716. The molecule has 0 aliphatic carbocycles. The highest BCUT2D eigenvalue weighted by molar-refractivity contribution is 14.1. The zero-order valence-corrected chi connectivity index (χ0v) is 17.2. The number of anilines is 1. The first-order valence-electron chi connectivity index (χ1n) is 8.01.